The first kappa shape index (κ1) is 11.6. The van der Waals surface area contributed by atoms with Gasteiger partial charge >= 0.3 is 0 Å². The molecule has 0 aromatic rings. The second-order valence-corrected chi connectivity index (χ2v) is 3.19. The van der Waals surface area contributed by atoms with Crippen molar-refractivity contribution < 1.29 is 9.90 Å². The molecule has 2 atom stereocenters. The van der Waals surface area contributed by atoms with E-state index in [0.717, 1.165) is 0 Å². The van der Waals surface area contributed by atoms with E-state index < -0.39 is 0 Å². The Bertz CT molecular complexity index is 147. The topological polar surface area (TPSA) is 40.5 Å². The molecule has 0 amide bonds. The van der Waals surface area contributed by atoms with E-state index in [4.69, 9.17) is 5.11 Å². The van der Waals surface area contributed by atoms with Crippen LogP contribution in [0, 0.1) is 0 Å². The zero-order chi connectivity index (χ0) is 9.72. The number of nitrogens with zero attached hydrogens (tertiary/aromatic N) is 1. The fourth-order valence-corrected chi connectivity index (χ4v) is 1.03. The van der Waals surface area contributed by atoms with Crippen LogP contribution in [0.3, 0.4) is 0 Å². The van der Waals surface area contributed by atoms with Crippen LogP contribution in [0.2, 0.25) is 0 Å². The third kappa shape index (κ3) is 2.91. The van der Waals surface area contributed by atoms with E-state index in [1.807, 2.05) is 32.7 Å². The van der Waals surface area contributed by atoms with Gasteiger partial charge in [-0.15, -0.1) is 0 Å². The molecule has 3 nitrogen and oxygen atoms in total. The highest BCUT2D eigenvalue weighted by Gasteiger charge is 2.19. The van der Waals surface area contributed by atoms with E-state index in [9.17, 15) is 4.79 Å². The number of rotatable bonds is 5. The van der Waals surface area contributed by atoms with Gasteiger partial charge in [0.2, 0.25) is 0 Å². The molecule has 3 heteroatoms. The molecule has 2 unspecified atom stereocenters. The van der Waals surface area contributed by atoms with Gasteiger partial charge in [0, 0.05) is 12.5 Å². The van der Waals surface area contributed by atoms with Gasteiger partial charge in [0.1, 0.15) is 5.78 Å². The SMILES string of the molecule is CCC(=O)C(C)N(C)C(C)CO. The maximum atomic E-state index is 11.3. The van der Waals surface area contributed by atoms with Crippen LogP contribution in [0.15, 0.2) is 0 Å². The summed E-state index contributed by atoms with van der Waals surface area (Å²) in [5.41, 5.74) is 0. The highest BCUT2D eigenvalue weighted by Crippen LogP contribution is 2.04. The Balaban J connectivity index is 4.08. The lowest BCUT2D eigenvalue weighted by Gasteiger charge is -2.28. The average molecular weight is 173 g/mol. The molecule has 0 bridgehead atoms. The molecule has 0 radical (unpaired) electrons. The van der Waals surface area contributed by atoms with Crippen molar-refractivity contribution in [2.45, 2.75) is 39.3 Å². The predicted octanol–water partition coefficient (Wildman–Crippen LogP) is 0.667. The lowest BCUT2D eigenvalue weighted by molar-refractivity contribution is -0.123. The van der Waals surface area contributed by atoms with E-state index in [-0.39, 0.29) is 24.5 Å². The Morgan fingerprint density at radius 2 is 2.00 bits per heavy atom. The summed E-state index contributed by atoms with van der Waals surface area (Å²) >= 11 is 0. The maximum Gasteiger partial charge on any atom is 0.149 e. The van der Waals surface area contributed by atoms with Crippen molar-refractivity contribution in [3.05, 3.63) is 0 Å². The van der Waals surface area contributed by atoms with Gasteiger partial charge in [-0.1, -0.05) is 6.92 Å². The zero-order valence-electron chi connectivity index (χ0n) is 8.37. The molecule has 1 N–H and O–H groups in total. The fraction of sp³-hybridized carbons (Fsp3) is 0.889. The summed E-state index contributed by atoms with van der Waals surface area (Å²) in [5.74, 6) is 0.220. The van der Waals surface area contributed by atoms with Gasteiger partial charge in [0.15, 0.2) is 0 Å². The molecule has 0 heterocycles. The van der Waals surface area contributed by atoms with Crippen LogP contribution < -0.4 is 0 Å². The quantitative estimate of drug-likeness (QED) is 0.664. The molecule has 0 rings (SSSR count). The molecule has 0 aliphatic heterocycles. The third-order valence-corrected chi connectivity index (χ3v) is 2.38. The van der Waals surface area contributed by atoms with Crippen molar-refractivity contribution in [2.75, 3.05) is 13.7 Å². The molecule has 0 aromatic carbocycles. The average Bonchev–Trinajstić information content (AvgIpc) is 2.12. The van der Waals surface area contributed by atoms with Gasteiger partial charge in [0.25, 0.3) is 0 Å². The molecule has 0 saturated carbocycles. The van der Waals surface area contributed by atoms with Crippen molar-refractivity contribution in [3.63, 3.8) is 0 Å². The summed E-state index contributed by atoms with van der Waals surface area (Å²) in [6.45, 7) is 5.73. The number of carbonyl (C=O) groups is 1. The monoisotopic (exact) mass is 173 g/mol. The minimum absolute atomic E-state index is 0.0514. The number of Topliss-reactive ketones (excluding diaryl/α,β-unsaturated/α-hetero) is 1. The number of hydrogen-bond acceptors (Lipinski definition) is 3. The van der Waals surface area contributed by atoms with Gasteiger partial charge in [-0.25, -0.2) is 0 Å². The molecule has 0 aliphatic carbocycles. The van der Waals surface area contributed by atoms with Crippen molar-refractivity contribution in [2.24, 2.45) is 0 Å². The zero-order valence-corrected chi connectivity index (χ0v) is 8.37. The number of aliphatic hydroxyl groups excluding tert-OH is 1. The molecule has 0 saturated heterocycles. The summed E-state index contributed by atoms with van der Waals surface area (Å²) in [7, 11) is 1.86. The summed E-state index contributed by atoms with van der Waals surface area (Å²) in [6.07, 6.45) is 0.559. The van der Waals surface area contributed by atoms with Gasteiger partial charge in [-0.2, -0.15) is 0 Å². The largest absolute Gasteiger partial charge is 0.395 e. The van der Waals surface area contributed by atoms with Gasteiger partial charge < -0.3 is 5.11 Å². The van der Waals surface area contributed by atoms with Crippen LogP contribution in [0.25, 0.3) is 0 Å². The number of likely N-dealkylation sites (N-methyl/N-ethyl adjacent to an activating group) is 1. The molecule has 0 aliphatic rings. The van der Waals surface area contributed by atoms with E-state index in [1.54, 1.807) is 0 Å². The minimum atomic E-state index is -0.0860. The molecular formula is C9H19NO2. The lowest BCUT2D eigenvalue weighted by Crippen LogP contribution is -2.43. The number of hydrogen-bond donors (Lipinski definition) is 1. The summed E-state index contributed by atoms with van der Waals surface area (Å²) in [5, 5.41) is 8.86. The molecule has 72 valence electrons. The number of ketones is 1. The summed E-state index contributed by atoms with van der Waals surface area (Å²) in [6, 6.07) is -0.0346. The van der Waals surface area contributed by atoms with Crippen molar-refractivity contribution in [3.8, 4) is 0 Å². The number of carbonyl (C=O) groups excluding carboxylic acids is 1. The molecule has 0 spiro atoms. The summed E-state index contributed by atoms with van der Waals surface area (Å²) in [4.78, 5) is 13.1. The van der Waals surface area contributed by atoms with Crippen LogP contribution in [-0.2, 0) is 4.79 Å². The second-order valence-electron chi connectivity index (χ2n) is 3.19. The Labute approximate surface area is 74.4 Å². The Hall–Kier alpha value is -0.410. The Morgan fingerprint density at radius 1 is 1.50 bits per heavy atom. The van der Waals surface area contributed by atoms with Crippen LogP contribution in [0.4, 0.5) is 0 Å². The Kier molecular flexibility index (Phi) is 5.09. The molecule has 0 aromatic heterocycles. The predicted molar refractivity (Wildman–Crippen MR) is 49.1 cm³/mol. The van der Waals surface area contributed by atoms with Crippen molar-refractivity contribution >= 4 is 5.78 Å². The molecular weight excluding hydrogens is 154 g/mol. The first-order chi connectivity index (χ1) is 5.54. The van der Waals surface area contributed by atoms with Crippen LogP contribution in [-0.4, -0.2) is 41.5 Å². The van der Waals surface area contributed by atoms with Gasteiger partial charge in [-0.3, -0.25) is 9.69 Å². The fourth-order valence-electron chi connectivity index (χ4n) is 1.03. The highest BCUT2D eigenvalue weighted by molar-refractivity contribution is 5.83. The number of aliphatic hydroxyl groups is 1. The van der Waals surface area contributed by atoms with Gasteiger partial charge in [0.05, 0.1) is 12.6 Å². The summed E-state index contributed by atoms with van der Waals surface area (Å²) < 4.78 is 0. The third-order valence-electron chi connectivity index (χ3n) is 2.38. The Morgan fingerprint density at radius 3 is 2.33 bits per heavy atom. The smallest absolute Gasteiger partial charge is 0.149 e. The van der Waals surface area contributed by atoms with Crippen LogP contribution >= 0.6 is 0 Å². The van der Waals surface area contributed by atoms with E-state index >= 15 is 0 Å². The van der Waals surface area contributed by atoms with Crippen molar-refractivity contribution in [1.29, 1.82) is 0 Å². The maximum absolute atomic E-state index is 11.3. The standard InChI is InChI=1S/C9H19NO2/c1-5-9(12)8(3)10(4)7(2)6-11/h7-8,11H,5-6H2,1-4H3. The van der Waals surface area contributed by atoms with Crippen LogP contribution in [0.1, 0.15) is 27.2 Å². The van der Waals surface area contributed by atoms with Gasteiger partial charge in [-0.05, 0) is 20.9 Å². The van der Waals surface area contributed by atoms with E-state index in [2.05, 4.69) is 0 Å². The van der Waals surface area contributed by atoms with E-state index in [1.165, 1.54) is 0 Å². The highest BCUT2D eigenvalue weighted by atomic mass is 16.3. The van der Waals surface area contributed by atoms with E-state index in [0.29, 0.717) is 6.42 Å². The first-order valence-electron chi connectivity index (χ1n) is 4.40. The lowest BCUT2D eigenvalue weighted by atomic mass is 10.1. The molecule has 0 fully saturated rings. The molecule has 12 heavy (non-hydrogen) atoms. The van der Waals surface area contributed by atoms with Crippen molar-refractivity contribution in [1.82, 2.24) is 4.90 Å². The second kappa shape index (κ2) is 5.27. The first-order valence-corrected chi connectivity index (χ1v) is 4.40. The normalized spacial score (nSPS) is 16.2. The minimum Gasteiger partial charge on any atom is -0.395 e. The van der Waals surface area contributed by atoms with Crippen LogP contribution in [0.5, 0.6) is 0 Å².